The number of rotatable bonds is 2. The van der Waals surface area contributed by atoms with Crippen LogP contribution in [0, 0.1) is 5.41 Å². The van der Waals surface area contributed by atoms with Gasteiger partial charge in [0.2, 0.25) is 0 Å². The van der Waals surface area contributed by atoms with Crippen molar-refractivity contribution < 1.29 is 18.0 Å². The van der Waals surface area contributed by atoms with Gasteiger partial charge in [0.15, 0.2) is 0 Å². The Balaban J connectivity index is 2.62. The summed E-state index contributed by atoms with van der Waals surface area (Å²) in [4.78, 5) is 11.3. The molecule has 4 heteroatoms. The summed E-state index contributed by atoms with van der Waals surface area (Å²) in [6.07, 6.45) is 1.76. The van der Waals surface area contributed by atoms with Crippen LogP contribution in [-0.2, 0) is 11.0 Å². The molecule has 0 saturated carbocycles. The van der Waals surface area contributed by atoms with Crippen molar-refractivity contribution in [1.82, 2.24) is 0 Å². The van der Waals surface area contributed by atoms with Crippen molar-refractivity contribution in [3.63, 3.8) is 0 Å². The molecule has 0 spiro atoms. The number of hydrogen-bond donors (Lipinski definition) is 0. The highest BCUT2D eigenvalue weighted by Gasteiger charge is 2.38. The molecule has 100 valence electrons. The van der Waals surface area contributed by atoms with Gasteiger partial charge in [0.1, 0.15) is 6.29 Å². The van der Waals surface area contributed by atoms with E-state index in [4.69, 9.17) is 0 Å². The Morgan fingerprint density at radius 3 is 2.58 bits per heavy atom. The normalized spacial score (nSPS) is 23.1. The SMILES string of the molecule is CC1(C=O)CC=CC=C1c1ccccc1C(F)(F)F. The zero-order valence-corrected chi connectivity index (χ0v) is 10.4. The van der Waals surface area contributed by atoms with Gasteiger partial charge in [-0.2, -0.15) is 13.2 Å². The quantitative estimate of drug-likeness (QED) is 0.731. The molecule has 0 saturated heterocycles. The van der Waals surface area contributed by atoms with Crippen LogP contribution < -0.4 is 0 Å². The monoisotopic (exact) mass is 266 g/mol. The fraction of sp³-hybridized carbons (Fsp3) is 0.267. The second-order valence-corrected chi connectivity index (χ2v) is 4.79. The standard InChI is InChI=1S/C15H13F3O/c1-14(10-19)9-5-4-7-12(14)11-6-2-3-8-13(11)15(16,17)18/h2-8,10H,9H2,1H3. The number of alkyl halides is 3. The average Bonchev–Trinajstić information content (AvgIpc) is 2.38. The molecule has 0 heterocycles. The van der Waals surface area contributed by atoms with Gasteiger partial charge in [0.05, 0.1) is 11.0 Å². The number of carbonyl (C=O) groups excluding carboxylic acids is 1. The Morgan fingerprint density at radius 2 is 1.95 bits per heavy atom. The maximum atomic E-state index is 13.0. The van der Waals surface area contributed by atoms with Gasteiger partial charge in [0, 0.05) is 0 Å². The molecule has 19 heavy (non-hydrogen) atoms. The van der Waals surface area contributed by atoms with Crippen molar-refractivity contribution >= 4 is 11.9 Å². The lowest BCUT2D eigenvalue weighted by Crippen LogP contribution is -2.23. The molecule has 0 bridgehead atoms. The van der Waals surface area contributed by atoms with E-state index in [9.17, 15) is 18.0 Å². The highest BCUT2D eigenvalue weighted by atomic mass is 19.4. The molecular formula is C15H13F3O. The first-order chi connectivity index (χ1) is 8.88. The van der Waals surface area contributed by atoms with Crippen molar-refractivity contribution in [1.29, 1.82) is 0 Å². The second-order valence-electron chi connectivity index (χ2n) is 4.79. The van der Waals surface area contributed by atoms with Crippen molar-refractivity contribution in [2.45, 2.75) is 19.5 Å². The van der Waals surface area contributed by atoms with Crippen LogP contribution in [0.3, 0.4) is 0 Å². The van der Waals surface area contributed by atoms with Gasteiger partial charge >= 0.3 is 6.18 Å². The van der Waals surface area contributed by atoms with E-state index in [1.165, 1.54) is 12.1 Å². The number of aldehydes is 1. The molecule has 1 aromatic carbocycles. The predicted molar refractivity (Wildman–Crippen MR) is 67.3 cm³/mol. The summed E-state index contributed by atoms with van der Waals surface area (Å²) >= 11 is 0. The lowest BCUT2D eigenvalue weighted by atomic mass is 9.74. The Bertz CT molecular complexity index is 555. The summed E-state index contributed by atoms with van der Waals surface area (Å²) in [5.41, 5.74) is -1.12. The van der Waals surface area contributed by atoms with Crippen molar-refractivity contribution in [2.24, 2.45) is 5.41 Å². The molecule has 1 unspecified atom stereocenters. The van der Waals surface area contributed by atoms with E-state index in [0.717, 1.165) is 12.4 Å². The zero-order valence-electron chi connectivity index (χ0n) is 10.4. The van der Waals surface area contributed by atoms with Crippen molar-refractivity contribution in [3.05, 3.63) is 53.6 Å². The second kappa shape index (κ2) is 4.68. The van der Waals surface area contributed by atoms with Gasteiger partial charge in [-0.15, -0.1) is 0 Å². The van der Waals surface area contributed by atoms with Crippen LogP contribution in [-0.4, -0.2) is 6.29 Å². The lowest BCUT2D eigenvalue weighted by molar-refractivity contribution is -0.137. The predicted octanol–water partition coefficient (Wildman–Crippen LogP) is 4.25. The van der Waals surface area contributed by atoms with E-state index in [-0.39, 0.29) is 5.56 Å². The Hall–Kier alpha value is -1.84. The molecule has 1 atom stereocenters. The minimum Gasteiger partial charge on any atom is -0.302 e. The number of carbonyl (C=O) groups is 1. The molecule has 0 aliphatic heterocycles. The lowest BCUT2D eigenvalue weighted by Gasteiger charge is -2.29. The molecule has 1 aliphatic carbocycles. The molecule has 0 amide bonds. The Labute approximate surface area is 109 Å². The molecule has 1 nitrogen and oxygen atoms in total. The van der Waals surface area contributed by atoms with E-state index in [0.29, 0.717) is 12.0 Å². The molecular weight excluding hydrogens is 253 g/mol. The summed E-state index contributed by atoms with van der Waals surface area (Å²) < 4.78 is 39.1. The van der Waals surface area contributed by atoms with E-state index in [1.54, 1.807) is 31.2 Å². The highest BCUT2D eigenvalue weighted by Crippen LogP contribution is 2.43. The van der Waals surface area contributed by atoms with Crippen LogP contribution in [0.25, 0.3) is 5.57 Å². The van der Waals surface area contributed by atoms with Gasteiger partial charge in [-0.1, -0.05) is 36.4 Å². The molecule has 1 aromatic rings. The number of halogens is 3. The van der Waals surface area contributed by atoms with Crippen LogP contribution in [0.4, 0.5) is 13.2 Å². The molecule has 0 radical (unpaired) electrons. The largest absolute Gasteiger partial charge is 0.416 e. The third-order valence-corrected chi connectivity index (χ3v) is 3.34. The highest BCUT2D eigenvalue weighted by molar-refractivity contribution is 5.87. The number of hydrogen-bond acceptors (Lipinski definition) is 1. The summed E-state index contributed by atoms with van der Waals surface area (Å²) in [7, 11) is 0. The first kappa shape index (κ1) is 13.6. The number of benzene rings is 1. The molecule has 0 fully saturated rings. The summed E-state index contributed by atoms with van der Waals surface area (Å²) in [5.74, 6) is 0. The first-order valence-electron chi connectivity index (χ1n) is 5.89. The van der Waals surface area contributed by atoms with Gasteiger partial charge in [-0.3, -0.25) is 0 Å². The topological polar surface area (TPSA) is 17.1 Å². The van der Waals surface area contributed by atoms with Crippen LogP contribution in [0.5, 0.6) is 0 Å². The van der Waals surface area contributed by atoms with Gasteiger partial charge in [-0.25, -0.2) is 0 Å². The first-order valence-corrected chi connectivity index (χ1v) is 5.89. The van der Waals surface area contributed by atoms with Gasteiger partial charge < -0.3 is 4.79 Å². The molecule has 1 aliphatic rings. The van der Waals surface area contributed by atoms with Crippen molar-refractivity contribution in [3.8, 4) is 0 Å². The maximum Gasteiger partial charge on any atom is 0.416 e. The fourth-order valence-corrected chi connectivity index (χ4v) is 2.25. The minimum atomic E-state index is -4.43. The van der Waals surface area contributed by atoms with Crippen LogP contribution in [0.2, 0.25) is 0 Å². The smallest absolute Gasteiger partial charge is 0.302 e. The summed E-state index contributed by atoms with van der Waals surface area (Å²) in [5, 5.41) is 0. The van der Waals surface area contributed by atoms with E-state index >= 15 is 0 Å². The molecule has 0 aromatic heterocycles. The third kappa shape index (κ3) is 2.48. The van der Waals surface area contributed by atoms with E-state index < -0.39 is 17.2 Å². The van der Waals surface area contributed by atoms with Crippen LogP contribution in [0.1, 0.15) is 24.5 Å². The Morgan fingerprint density at radius 1 is 1.26 bits per heavy atom. The van der Waals surface area contributed by atoms with Gasteiger partial charge in [0.25, 0.3) is 0 Å². The fourth-order valence-electron chi connectivity index (χ4n) is 2.25. The van der Waals surface area contributed by atoms with Crippen LogP contribution >= 0.6 is 0 Å². The third-order valence-electron chi connectivity index (χ3n) is 3.34. The Kier molecular flexibility index (Phi) is 3.35. The summed E-state index contributed by atoms with van der Waals surface area (Å²) in [6, 6.07) is 5.36. The minimum absolute atomic E-state index is 0.0777. The average molecular weight is 266 g/mol. The molecule has 2 rings (SSSR count). The number of allylic oxidation sites excluding steroid dienone is 4. The maximum absolute atomic E-state index is 13.0. The molecule has 0 N–H and O–H groups in total. The van der Waals surface area contributed by atoms with Gasteiger partial charge in [-0.05, 0) is 30.5 Å². The summed E-state index contributed by atoms with van der Waals surface area (Å²) in [6.45, 7) is 1.66. The van der Waals surface area contributed by atoms with E-state index in [1.807, 2.05) is 0 Å². The van der Waals surface area contributed by atoms with Crippen molar-refractivity contribution in [2.75, 3.05) is 0 Å². The van der Waals surface area contributed by atoms with Crippen LogP contribution in [0.15, 0.2) is 42.5 Å². The zero-order chi connectivity index (χ0) is 14.1. The van der Waals surface area contributed by atoms with E-state index in [2.05, 4.69) is 0 Å².